The van der Waals surface area contributed by atoms with Crippen molar-refractivity contribution in [1.82, 2.24) is 4.98 Å². The van der Waals surface area contributed by atoms with Crippen molar-refractivity contribution in [3.8, 4) is 17.2 Å². The number of ether oxygens (including phenoxy) is 3. The number of hydrogen-bond acceptors (Lipinski definition) is 5. The van der Waals surface area contributed by atoms with E-state index < -0.39 is 18.8 Å². The molecule has 1 aliphatic heterocycles. The third-order valence-corrected chi connectivity index (χ3v) is 4.60. The molecule has 0 saturated carbocycles. The van der Waals surface area contributed by atoms with Gasteiger partial charge >= 0.3 is 6.29 Å². The highest BCUT2D eigenvalue weighted by Crippen LogP contribution is 2.42. The molecule has 0 bridgehead atoms. The molecule has 150 valence electrons. The quantitative estimate of drug-likeness (QED) is 0.604. The largest absolute Gasteiger partial charge is 0.586 e. The van der Waals surface area contributed by atoms with Crippen LogP contribution in [-0.4, -0.2) is 23.8 Å². The molecule has 29 heavy (non-hydrogen) atoms. The first kappa shape index (κ1) is 19.5. The van der Waals surface area contributed by atoms with E-state index >= 15 is 0 Å². The first-order valence-electron chi connectivity index (χ1n) is 8.30. The van der Waals surface area contributed by atoms with Gasteiger partial charge in [-0.05, 0) is 37.3 Å². The van der Waals surface area contributed by atoms with Crippen LogP contribution in [0, 0.1) is 6.92 Å². The van der Waals surface area contributed by atoms with E-state index in [0.29, 0.717) is 15.9 Å². The molecule has 1 N–H and O–H groups in total. The number of hydrogen-bond donors (Lipinski definition) is 1. The highest BCUT2D eigenvalue weighted by atomic mass is 35.5. The molecule has 0 unspecified atom stereocenters. The van der Waals surface area contributed by atoms with Crippen LogP contribution in [0.3, 0.4) is 0 Å². The Labute approximate surface area is 173 Å². The fraction of sp³-hybridized carbons (Fsp3) is 0.158. The topological polar surface area (TPSA) is 69.7 Å². The van der Waals surface area contributed by atoms with Crippen molar-refractivity contribution >= 4 is 45.7 Å². The summed E-state index contributed by atoms with van der Waals surface area (Å²) < 4.78 is 40.4. The van der Waals surface area contributed by atoms with Crippen LogP contribution in [0.25, 0.3) is 10.9 Å². The maximum absolute atomic E-state index is 13.1. The Bertz CT molecular complexity index is 1140. The summed E-state index contributed by atoms with van der Waals surface area (Å²) in [5.74, 6) is -0.622. The van der Waals surface area contributed by atoms with Crippen LogP contribution in [0.2, 0.25) is 10.0 Å². The number of anilines is 1. The van der Waals surface area contributed by atoms with Gasteiger partial charge in [-0.2, -0.15) is 0 Å². The van der Waals surface area contributed by atoms with Gasteiger partial charge in [0, 0.05) is 22.8 Å². The number of rotatable bonds is 4. The summed E-state index contributed by atoms with van der Waals surface area (Å²) >= 11 is 12.4. The van der Waals surface area contributed by atoms with Crippen LogP contribution in [0.1, 0.15) is 5.69 Å². The number of aromatic nitrogens is 1. The first-order valence-corrected chi connectivity index (χ1v) is 9.05. The van der Waals surface area contributed by atoms with Crippen LogP contribution >= 0.6 is 23.2 Å². The van der Waals surface area contributed by atoms with Gasteiger partial charge in [0.2, 0.25) is 0 Å². The molecule has 0 atom stereocenters. The van der Waals surface area contributed by atoms with Crippen molar-refractivity contribution in [3.63, 3.8) is 0 Å². The smallest absolute Gasteiger partial charge is 0.480 e. The molecule has 0 saturated heterocycles. The Balaban J connectivity index is 1.49. The highest BCUT2D eigenvalue weighted by Gasteiger charge is 2.43. The summed E-state index contributed by atoms with van der Waals surface area (Å²) in [5.41, 5.74) is 1.39. The fourth-order valence-corrected chi connectivity index (χ4v) is 3.36. The Hall–Kier alpha value is -2.84. The summed E-state index contributed by atoms with van der Waals surface area (Å²) in [6.45, 7) is 1.41. The highest BCUT2D eigenvalue weighted by molar-refractivity contribution is 6.39. The lowest BCUT2D eigenvalue weighted by atomic mass is 10.2. The van der Waals surface area contributed by atoms with Gasteiger partial charge in [-0.15, -0.1) is 8.78 Å². The summed E-state index contributed by atoms with van der Waals surface area (Å²) in [6, 6.07) is 8.98. The SMILES string of the molecule is Cc1ccc2c(Cl)cc(Cl)c(OCC(=O)Nc3ccc4c(c3)OC(F)(F)O4)c2n1. The summed E-state index contributed by atoms with van der Waals surface area (Å²) in [5, 5.41) is 3.77. The Morgan fingerprint density at radius 1 is 1.14 bits per heavy atom. The minimum absolute atomic E-state index is 0.120. The number of halogens is 4. The summed E-state index contributed by atoms with van der Waals surface area (Å²) in [4.78, 5) is 16.6. The third-order valence-electron chi connectivity index (χ3n) is 4.01. The van der Waals surface area contributed by atoms with Gasteiger partial charge < -0.3 is 19.5 Å². The van der Waals surface area contributed by atoms with Crippen LogP contribution in [-0.2, 0) is 4.79 Å². The minimum Gasteiger partial charge on any atom is -0.480 e. The second kappa shape index (κ2) is 7.20. The predicted octanol–water partition coefficient (Wildman–Crippen LogP) is 5.19. The Morgan fingerprint density at radius 3 is 2.69 bits per heavy atom. The van der Waals surface area contributed by atoms with E-state index in [1.54, 1.807) is 19.1 Å². The van der Waals surface area contributed by atoms with E-state index in [9.17, 15) is 13.6 Å². The van der Waals surface area contributed by atoms with Crippen molar-refractivity contribution < 1.29 is 27.8 Å². The number of nitrogens with one attached hydrogen (secondary N) is 1. The molecule has 2 heterocycles. The van der Waals surface area contributed by atoms with Crippen LogP contribution < -0.4 is 19.5 Å². The number of carbonyl (C=O) groups is 1. The van der Waals surface area contributed by atoms with Crippen molar-refractivity contribution in [2.75, 3.05) is 11.9 Å². The van der Waals surface area contributed by atoms with E-state index in [2.05, 4.69) is 19.8 Å². The van der Waals surface area contributed by atoms with Gasteiger partial charge in [-0.3, -0.25) is 4.79 Å². The monoisotopic (exact) mass is 440 g/mol. The van der Waals surface area contributed by atoms with E-state index in [0.717, 1.165) is 5.69 Å². The predicted molar refractivity (Wildman–Crippen MR) is 103 cm³/mol. The molecule has 10 heteroatoms. The Kier molecular flexibility index (Phi) is 4.84. The lowest BCUT2D eigenvalue weighted by Gasteiger charge is -2.12. The number of pyridine rings is 1. The normalized spacial score (nSPS) is 14.1. The molecule has 0 fully saturated rings. The maximum atomic E-state index is 13.1. The number of carbonyl (C=O) groups excluding carboxylic acids is 1. The van der Waals surface area contributed by atoms with Crippen LogP contribution in [0.5, 0.6) is 17.2 Å². The molecule has 2 aromatic carbocycles. The molecule has 1 aromatic heterocycles. The van der Waals surface area contributed by atoms with Gasteiger partial charge in [0.15, 0.2) is 23.9 Å². The maximum Gasteiger partial charge on any atom is 0.586 e. The summed E-state index contributed by atoms with van der Waals surface area (Å²) in [7, 11) is 0. The lowest BCUT2D eigenvalue weighted by Crippen LogP contribution is -2.25. The number of fused-ring (bicyclic) bond motifs is 2. The van der Waals surface area contributed by atoms with E-state index in [1.807, 2.05) is 0 Å². The number of aryl methyl sites for hydroxylation is 1. The molecule has 1 amide bonds. The molecule has 3 aromatic rings. The van der Waals surface area contributed by atoms with Gasteiger partial charge in [0.1, 0.15) is 5.52 Å². The zero-order valence-electron chi connectivity index (χ0n) is 14.8. The number of alkyl halides is 2. The molecule has 6 nitrogen and oxygen atoms in total. The molecule has 1 aliphatic rings. The van der Waals surface area contributed by atoms with Gasteiger partial charge in [0.25, 0.3) is 5.91 Å². The number of benzene rings is 2. The summed E-state index contributed by atoms with van der Waals surface area (Å²) in [6.07, 6.45) is -3.73. The number of nitrogens with zero attached hydrogens (tertiary/aromatic N) is 1. The lowest BCUT2D eigenvalue weighted by molar-refractivity contribution is -0.286. The van der Waals surface area contributed by atoms with E-state index in [4.69, 9.17) is 27.9 Å². The average Bonchev–Trinajstić information content (AvgIpc) is 2.94. The molecule has 0 spiro atoms. The van der Waals surface area contributed by atoms with Crippen molar-refractivity contribution in [1.29, 1.82) is 0 Å². The first-order chi connectivity index (χ1) is 13.7. The zero-order valence-corrected chi connectivity index (χ0v) is 16.3. The average molecular weight is 441 g/mol. The molecule has 0 aliphatic carbocycles. The minimum atomic E-state index is -3.73. The van der Waals surface area contributed by atoms with Crippen molar-refractivity contribution in [3.05, 3.63) is 52.1 Å². The second-order valence-corrected chi connectivity index (χ2v) is 7.00. The molecular formula is C19H12Cl2F2N2O4. The van der Waals surface area contributed by atoms with E-state index in [-0.39, 0.29) is 28.0 Å². The standard InChI is InChI=1S/C19H12Cl2F2N2O4/c1-9-2-4-11-12(20)7-13(21)18(17(11)24-9)27-8-16(26)25-10-3-5-14-15(6-10)29-19(22,23)28-14/h2-7H,8H2,1H3,(H,25,26). The fourth-order valence-electron chi connectivity index (χ4n) is 2.79. The second-order valence-electron chi connectivity index (χ2n) is 6.18. The van der Waals surface area contributed by atoms with Gasteiger partial charge in [-0.25, -0.2) is 4.98 Å². The van der Waals surface area contributed by atoms with Crippen LogP contribution in [0.4, 0.5) is 14.5 Å². The number of amides is 1. The van der Waals surface area contributed by atoms with Gasteiger partial charge in [0.05, 0.1) is 10.0 Å². The Morgan fingerprint density at radius 2 is 1.90 bits per heavy atom. The van der Waals surface area contributed by atoms with Gasteiger partial charge in [-0.1, -0.05) is 23.2 Å². The molecule has 4 rings (SSSR count). The van der Waals surface area contributed by atoms with E-state index in [1.165, 1.54) is 24.3 Å². The molecular weight excluding hydrogens is 429 g/mol. The van der Waals surface area contributed by atoms with Crippen molar-refractivity contribution in [2.45, 2.75) is 13.2 Å². The van der Waals surface area contributed by atoms with Crippen LogP contribution in [0.15, 0.2) is 36.4 Å². The third kappa shape index (κ3) is 3.99. The van der Waals surface area contributed by atoms with Crippen molar-refractivity contribution in [2.24, 2.45) is 0 Å². The zero-order chi connectivity index (χ0) is 20.8. The molecule has 0 radical (unpaired) electrons.